The summed E-state index contributed by atoms with van der Waals surface area (Å²) in [5, 5.41) is 6.22. The molecule has 2 atom stereocenters. The number of benzene rings is 1. The number of nitrogens with one attached hydrogen (secondary N) is 3. The fourth-order valence-electron chi connectivity index (χ4n) is 3.25. The number of rotatable bonds is 3. The fourth-order valence-corrected chi connectivity index (χ4v) is 3.25. The Hall–Kier alpha value is -2.77. The molecule has 3 rings (SSSR count). The lowest BCUT2D eigenvalue weighted by Gasteiger charge is -2.33. The van der Waals surface area contributed by atoms with E-state index in [9.17, 15) is 22.8 Å². The molecule has 0 spiro atoms. The van der Waals surface area contributed by atoms with Gasteiger partial charge in [0.15, 0.2) is 0 Å². The van der Waals surface area contributed by atoms with Crippen LogP contribution in [0, 0.1) is 6.92 Å². The number of alkyl halides is 3. The summed E-state index contributed by atoms with van der Waals surface area (Å²) in [4.78, 5) is 26.2. The van der Waals surface area contributed by atoms with Gasteiger partial charge in [0.05, 0.1) is 6.04 Å². The third-order valence-corrected chi connectivity index (χ3v) is 4.72. The summed E-state index contributed by atoms with van der Waals surface area (Å²) in [6.45, 7) is 3.99. The number of anilines is 1. The van der Waals surface area contributed by atoms with E-state index in [1.807, 2.05) is 32.0 Å². The number of aromatic amines is 1. The molecule has 0 saturated heterocycles. The van der Waals surface area contributed by atoms with Crippen molar-refractivity contribution in [2.45, 2.75) is 44.9 Å². The van der Waals surface area contributed by atoms with Crippen molar-refractivity contribution in [1.82, 2.24) is 10.3 Å². The Bertz CT molecular complexity index is 921. The minimum Gasteiger partial charge on any atom is -0.382 e. The Labute approximate surface area is 154 Å². The predicted molar refractivity (Wildman–Crippen MR) is 95.8 cm³/mol. The third kappa shape index (κ3) is 3.99. The van der Waals surface area contributed by atoms with Crippen molar-refractivity contribution in [1.29, 1.82) is 0 Å². The molecule has 3 N–H and O–H groups in total. The van der Waals surface area contributed by atoms with Crippen LogP contribution in [0.3, 0.4) is 0 Å². The van der Waals surface area contributed by atoms with Crippen molar-refractivity contribution in [3.05, 3.63) is 63.1 Å². The van der Waals surface area contributed by atoms with Gasteiger partial charge in [0.1, 0.15) is 11.3 Å². The van der Waals surface area contributed by atoms with E-state index in [-0.39, 0.29) is 17.6 Å². The van der Waals surface area contributed by atoms with Crippen LogP contribution in [-0.2, 0) is 6.18 Å². The number of pyridine rings is 1. The molecule has 5 nitrogen and oxygen atoms in total. The standard InChI is InChI=1S/C19H20F3N3O2/c1-3-11-9-15(12-5-4-10(2)8-14(12)23-11)24-17(26)13-6-7-16(19(20,21)22)25-18(13)27/h4-8,11,15,23H,3,9H2,1-2H3,(H,24,26)(H,25,27)/t11-,15-/m1/s1. The van der Waals surface area contributed by atoms with Crippen LogP contribution in [0.5, 0.6) is 0 Å². The van der Waals surface area contributed by atoms with Gasteiger partial charge in [-0.25, -0.2) is 0 Å². The predicted octanol–water partition coefficient (Wildman–Crippen LogP) is 3.77. The summed E-state index contributed by atoms with van der Waals surface area (Å²) in [7, 11) is 0. The molecule has 1 amide bonds. The van der Waals surface area contributed by atoms with Gasteiger partial charge in [-0.05, 0) is 49.1 Å². The lowest BCUT2D eigenvalue weighted by Crippen LogP contribution is -2.39. The minimum atomic E-state index is -4.67. The number of carbonyl (C=O) groups is 1. The van der Waals surface area contributed by atoms with Crippen molar-refractivity contribution < 1.29 is 18.0 Å². The Morgan fingerprint density at radius 2 is 2.00 bits per heavy atom. The highest BCUT2D eigenvalue weighted by Crippen LogP contribution is 2.34. The zero-order valence-electron chi connectivity index (χ0n) is 14.9. The number of fused-ring (bicyclic) bond motifs is 1. The van der Waals surface area contributed by atoms with E-state index in [2.05, 4.69) is 10.6 Å². The highest BCUT2D eigenvalue weighted by Gasteiger charge is 2.33. The average Bonchev–Trinajstić information content (AvgIpc) is 2.60. The first-order valence-corrected chi connectivity index (χ1v) is 8.67. The maximum atomic E-state index is 12.7. The minimum absolute atomic E-state index is 0.149. The van der Waals surface area contributed by atoms with E-state index in [1.165, 1.54) is 0 Å². The molecule has 27 heavy (non-hydrogen) atoms. The van der Waals surface area contributed by atoms with E-state index >= 15 is 0 Å². The summed E-state index contributed by atoms with van der Waals surface area (Å²) in [5.41, 5.74) is 0.289. The normalized spacial score (nSPS) is 19.1. The van der Waals surface area contributed by atoms with Crippen molar-refractivity contribution in [2.75, 3.05) is 5.32 Å². The monoisotopic (exact) mass is 379 g/mol. The number of halogens is 3. The van der Waals surface area contributed by atoms with Crippen molar-refractivity contribution in [3.63, 3.8) is 0 Å². The Morgan fingerprint density at radius 3 is 2.63 bits per heavy atom. The molecular formula is C19H20F3N3O2. The number of carbonyl (C=O) groups excluding carboxylic acids is 1. The molecule has 1 aromatic carbocycles. The molecule has 0 aliphatic carbocycles. The number of aromatic nitrogens is 1. The highest BCUT2D eigenvalue weighted by molar-refractivity contribution is 5.94. The van der Waals surface area contributed by atoms with Gasteiger partial charge in [-0.1, -0.05) is 19.1 Å². The lowest BCUT2D eigenvalue weighted by molar-refractivity contribution is -0.141. The molecule has 2 heterocycles. The molecule has 0 unspecified atom stereocenters. The van der Waals surface area contributed by atoms with Crippen LogP contribution in [0.1, 0.15) is 53.0 Å². The maximum Gasteiger partial charge on any atom is 0.431 e. The van der Waals surface area contributed by atoms with Gasteiger partial charge >= 0.3 is 6.18 Å². The van der Waals surface area contributed by atoms with E-state index in [4.69, 9.17) is 0 Å². The number of aryl methyl sites for hydroxylation is 1. The second kappa shape index (κ2) is 7.09. The molecule has 1 aliphatic rings. The number of amides is 1. The van der Waals surface area contributed by atoms with E-state index in [0.717, 1.165) is 29.3 Å². The van der Waals surface area contributed by atoms with Gasteiger partial charge in [0, 0.05) is 11.7 Å². The summed E-state index contributed by atoms with van der Waals surface area (Å²) in [6, 6.07) is 7.25. The van der Waals surface area contributed by atoms with Crippen molar-refractivity contribution in [2.24, 2.45) is 0 Å². The second-order valence-electron chi connectivity index (χ2n) is 6.71. The molecule has 0 radical (unpaired) electrons. The van der Waals surface area contributed by atoms with Gasteiger partial charge in [-0.2, -0.15) is 13.2 Å². The van der Waals surface area contributed by atoms with E-state index in [1.54, 1.807) is 4.98 Å². The smallest absolute Gasteiger partial charge is 0.382 e. The molecule has 1 aliphatic heterocycles. The first-order chi connectivity index (χ1) is 12.7. The summed E-state index contributed by atoms with van der Waals surface area (Å²) in [6.07, 6.45) is -3.20. The lowest BCUT2D eigenvalue weighted by atomic mass is 9.90. The summed E-state index contributed by atoms with van der Waals surface area (Å²) < 4.78 is 38.0. The largest absolute Gasteiger partial charge is 0.431 e. The van der Waals surface area contributed by atoms with Gasteiger partial charge in [0.2, 0.25) is 0 Å². The number of hydrogen-bond donors (Lipinski definition) is 3. The van der Waals surface area contributed by atoms with Gasteiger partial charge in [0.25, 0.3) is 11.5 Å². The molecule has 1 aromatic heterocycles. The molecular weight excluding hydrogens is 359 g/mol. The van der Waals surface area contributed by atoms with Crippen molar-refractivity contribution in [3.8, 4) is 0 Å². The molecule has 0 bridgehead atoms. The van der Waals surface area contributed by atoms with Gasteiger partial charge < -0.3 is 15.6 Å². The average molecular weight is 379 g/mol. The summed E-state index contributed by atoms with van der Waals surface area (Å²) in [5.74, 6) is -0.696. The first kappa shape index (κ1) is 19.0. The van der Waals surface area contributed by atoms with Gasteiger partial charge in [-0.15, -0.1) is 0 Å². The van der Waals surface area contributed by atoms with E-state index < -0.39 is 23.3 Å². The summed E-state index contributed by atoms with van der Waals surface area (Å²) >= 11 is 0. The maximum absolute atomic E-state index is 12.7. The van der Waals surface area contributed by atoms with Crippen molar-refractivity contribution >= 4 is 11.6 Å². The third-order valence-electron chi connectivity index (χ3n) is 4.72. The topological polar surface area (TPSA) is 74.0 Å². The van der Waals surface area contributed by atoms with E-state index in [0.29, 0.717) is 12.5 Å². The SMILES string of the molecule is CC[C@@H]1C[C@@H](NC(=O)c2ccc(C(F)(F)F)[nH]c2=O)c2ccc(C)cc2N1. The molecule has 0 saturated carbocycles. The molecule has 2 aromatic rings. The Morgan fingerprint density at radius 1 is 1.26 bits per heavy atom. The fraction of sp³-hybridized carbons (Fsp3) is 0.368. The second-order valence-corrected chi connectivity index (χ2v) is 6.71. The zero-order chi connectivity index (χ0) is 19.8. The van der Waals surface area contributed by atoms with Crippen LogP contribution < -0.4 is 16.2 Å². The zero-order valence-corrected chi connectivity index (χ0v) is 14.9. The first-order valence-electron chi connectivity index (χ1n) is 8.67. The number of hydrogen-bond acceptors (Lipinski definition) is 3. The Kier molecular flexibility index (Phi) is 4.99. The van der Waals surface area contributed by atoms with Crippen LogP contribution in [0.2, 0.25) is 0 Å². The van der Waals surface area contributed by atoms with Crippen LogP contribution >= 0.6 is 0 Å². The van der Waals surface area contributed by atoms with Gasteiger partial charge in [-0.3, -0.25) is 9.59 Å². The molecule has 8 heteroatoms. The Balaban J connectivity index is 1.87. The quantitative estimate of drug-likeness (QED) is 0.760. The molecule has 0 fully saturated rings. The van der Waals surface area contributed by atoms with Crippen LogP contribution in [0.4, 0.5) is 18.9 Å². The van der Waals surface area contributed by atoms with Crippen LogP contribution in [-0.4, -0.2) is 16.9 Å². The highest BCUT2D eigenvalue weighted by atomic mass is 19.4. The van der Waals surface area contributed by atoms with Crippen LogP contribution in [0.25, 0.3) is 0 Å². The van der Waals surface area contributed by atoms with Crippen LogP contribution in [0.15, 0.2) is 35.1 Å². The molecule has 144 valence electrons. The number of H-pyrrole nitrogens is 1.